The van der Waals surface area contributed by atoms with Gasteiger partial charge in [-0.2, -0.15) is 0 Å². The molecule has 2 nitrogen and oxygen atoms in total. The highest BCUT2D eigenvalue weighted by molar-refractivity contribution is 7.76. The zero-order valence-corrected chi connectivity index (χ0v) is 9.49. The van der Waals surface area contributed by atoms with Crippen molar-refractivity contribution in [2.24, 2.45) is 0 Å². The van der Waals surface area contributed by atoms with Gasteiger partial charge in [0.25, 0.3) is 5.91 Å². The van der Waals surface area contributed by atoms with Gasteiger partial charge in [-0.05, 0) is 25.5 Å². The summed E-state index contributed by atoms with van der Waals surface area (Å²) in [5.74, 6) is 3.73. The van der Waals surface area contributed by atoms with Crippen molar-refractivity contribution in [1.29, 1.82) is 0 Å². The second-order valence-electron chi connectivity index (χ2n) is 3.08. The van der Waals surface area contributed by atoms with E-state index in [0.717, 1.165) is 21.6 Å². The summed E-state index contributed by atoms with van der Waals surface area (Å²) in [5, 5.41) is 2.63. The molecule has 74 valence electrons. The topological polar surface area (TPSA) is 29.1 Å². The summed E-state index contributed by atoms with van der Waals surface area (Å²) in [6.45, 7) is 3.97. The average molecular weight is 208 g/mol. The first kappa shape index (κ1) is 10.9. The number of rotatable bonds is 2. The number of amides is 1. The summed E-state index contributed by atoms with van der Waals surface area (Å²) in [6.07, 6.45) is 0. The van der Waals surface area contributed by atoms with Crippen LogP contribution in [0.15, 0.2) is 17.0 Å². The number of hydrogen-bond donors (Lipinski definition) is 1. The van der Waals surface area contributed by atoms with Gasteiger partial charge < -0.3 is 5.32 Å². The van der Waals surface area contributed by atoms with Gasteiger partial charge >= 0.3 is 0 Å². The van der Waals surface area contributed by atoms with Gasteiger partial charge in [0.1, 0.15) is 0 Å². The number of carbonyl (C=O) groups excluding carboxylic acids is 1. The predicted molar refractivity (Wildman–Crippen MR) is 62.1 cm³/mol. The molecule has 0 unspecified atom stereocenters. The molecule has 1 N–H and O–H groups in total. The van der Waals surface area contributed by atoms with Crippen molar-refractivity contribution in [2.75, 3.05) is 7.05 Å². The molecular weight excluding hydrogens is 194 g/mol. The molecule has 0 bridgehead atoms. The zero-order valence-electron chi connectivity index (χ0n) is 8.68. The largest absolute Gasteiger partial charge is 0.355 e. The minimum atomic E-state index is -0.0359. The van der Waals surface area contributed by atoms with Gasteiger partial charge in [-0.1, -0.05) is 0 Å². The van der Waals surface area contributed by atoms with E-state index in [1.165, 1.54) is 11.4 Å². The van der Waals surface area contributed by atoms with E-state index >= 15 is 0 Å². The Balaban J connectivity index is 3.30. The quantitative estimate of drug-likeness (QED) is 0.579. The van der Waals surface area contributed by atoms with Crippen LogP contribution in [0.1, 0.15) is 21.5 Å². The Bertz CT molecular complexity index is 385. The second-order valence-corrected chi connectivity index (χ2v) is 3.81. The minimum Gasteiger partial charge on any atom is -0.355 e. The highest BCUT2D eigenvalue weighted by Gasteiger charge is 2.14. The lowest BCUT2D eigenvalue weighted by atomic mass is 10.0. The van der Waals surface area contributed by atoms with Crippen molar-refractivity contribution >= 4 is 23.1 Å². The van der Waals surface area contributed by atoms with Gasteiger partial charge in [0.15, 0.2) is 5.87 Å². The molecule has 0 spiro atoms. The Hall–Kier alpha value is -1.22. The van der Waals surface area contributed by atoms with Crippen LogP contribution in [-0.4, -0.2) is 18.8 Å². The van der Waals surface area contributed by atoms with Crippen LogP contribution in [0.25, 0.3) is 0 Å². The van der Waals surface area contributed by atoms with E-state index in [1.54, 1.807) is 7.05 Å². The molecule has 1 aromatic carbocycles. The summed E-state index contributed by atoms with van der Waals surface area (Å²) < 4.78 is 0. The third kappa shape index (κ3) is 1.82. The molecule has 0 fully saturated rings. The lowest BCUT2D eigenvalue weighted by Gasteiger charge is -2.05. The summed E-state index contributed by atoms with van der Waals surface area (Å²) in [6, 6.07) is 3.78. The molecule has 0 heterocycles. The van der Waals surface area contributed by atoms with E-state index < -0.39 is 0 Å². The van der Waals surface area contributed by atoms with Crippen LogP contribution < -0.4 is 5.32 Å². The maximum atomic E-state index is 11.5. The molecule has 1 aromatic rings. The van der Waals surface area contributed by atoms with Crippen molar-refractivity contribution in [3.05, 3.63) is 28.8 Å². The van der Waals surface area contributed by atoms with Gasteiger partial charge in [0, 0.05) is 24.2 Å². The lowest BCUT2D eigenvalue weighted by molar-refractivity contribution is 0.0962. The van der Waals surface area contributed by atoms with Crippen molar-refractivity contribution in [3.8, 4) is 0 Å². The Morgan fingerprint density at radius 3 is 2.50 bits per heavy atom. The van der Waals surface area contributed by atoms with Crippen LogP contribution in [0.2, 0.25) is 0 Å². The molecule has 0 saturated heterocycles. The summed E-state index contributed by atoms with van der Waals surface area (Å²) in [4.78, 5) is 12.6. The normalized spacial score (nSPS) is 9.64. The van der Waals surface area contributed by atoms with Crippen LogP contribution >= 0.6 is 0 Å². The molecule has 14 heavy (non-hydrogen) atoms. The zero-order chi connectivity index (χ0) is 10.7. The molecule has 0 saturated carbocycles. The molecule has 0 atom stereocenters. The van der Waals surface area contributed by atoms with E-state index in [9.17, 15) is 4.79 Å². The maximum Gasteiger partial charge on any atom is 0.251 e. The Labute approximate surface area is 88.3 Å². The fourth-order valence-corrected chi connectivity index (χ4v) is 1.87. The first-order valence-electron chi connectivity index (χ1n) is 4.36. The summed E-state index contributed by atoms with van der Waals surface area (Å²) in [5.41, 5.74) is 2.90. The van der Waals surface area contributed by atoms with Gasteiger partial charge in [-0.25, -0.2) is 0 Å². The Morgan fingerprint density at radius 2 is 2.00 bits per heavy atom. The Morgan fingerprint density at radius 1 is 1.36 bits per heavy atom. The fourth-order valence-electron chi connectivity index (χ4n) is 1.33. The molecule has 1 rings (SSSR count). The molecular formula is C11H14NOS+. The third-order valence-electron chi connectivity index (χ3n) is 2.36. The highest BCUT2D eigenvalue weighted by atomic mass is 32.1. The van der Waals surface area contributed by atoms with E-state index in [1.807, 2.05) is 26.0 Å². The number of carbonyl (C=O) groups is 1. The smallest absolute Gasteiger partial charge is 0.251 e. The van der Waals surface area contributed by atoms with Crippen LogP contribution in [0.3, 0.4) is 0 Å². The molecule has 0 aliphatic rings. The number of nitrogens with one attached hydrogen (secondary N) is 1. The monoisotopic (exact) mass is 208 g/mol. The molecule has 0 radical (unpaired) electrons. The van der Waals surface area contributed by atoms with Crippen molar-refractivity contribution < 1.29 is 4.79 Å². The van der Waals surface area contributed by atoms with Crippen molar-refractivity contribution in [3.63, 3.8) is 0 Å². The fraction of sp³-hybridized carbons (Fsp3) is 0.273. The molecule has 0 aliphatic carbocycles. The summed E-state index contributed by atoms with van der Waals surface area (Å²) >= 11 is 1.46. The number of benzene rings is 1. The van der Waals surface area contributed by atoms with Crippen LogP contribution in [0, 0.1) is 13.8 Å². The van der Waals surface area contributed by atoms with E-state index in [-0.39, 0.29) is 5.91 Å². The van der Waals surface area contributed by atoms with Crippen molar-refractivity contribution in [1.82, 2.24) is 5.32 Å². The average Bonchev–Trinajstić information content (AvgIpc) is 2.21. The second kappa shape index (κ2) is 4.33. The van der Waals surface area contributed by atoms with Gasteiger partial charge in [-0.3, -0.25) is 4.79 Å². The minimum absolute atomic E-state index is 0.0359. The highest BCUT2D eigenvalue weighted by Crippen LogP contribution is 2.17. The van der Waals surface area contributed by atoms with Crippen LogP contribution in [-0.2, 0) is 11.4 Å². The van der Waals surface area contributed by atoms with Gasteiger partial charge in [0.2, 0.25) is 16.2 Å². The molecule has 0 aromatic heterocycles. The lowest BCUT2D eigenvalue weighted by Crippen LogP contribution is -2.19. The van der Waals surface area contributed by atoms with E-state index in [2.05, 4.69) is 11.2 Å². The van der Waals surface area contributed by atoms with Crippen LogP contribution in [0.5, 0.6) is 0 Å². The molecule has 0 aliphatic heterocycles. The summed E-state index contributed by atoms with van der Waals surface area (Å²) in [7, 11) is 1.64. The Kier molecular flexibility index (Phi) is 3.36. The number of hydrogen-bond acceptors (Lipinski definition) is 1. The van der Waals surface area contributed by atoms with E-state index in [4.69, 9.17) is 0 Å². The first-order valence-corrected chi connectivity index (χ1v) is 5.34. The third-order valence-corrected chi connectivity index (χ3v) is 3.12. The van der Waals surface area contributed by atoms with Gasteiger partial charge in [0.05, 0.1) is 0 Å². The van der Waals surface area contributed by atoms with E-state index in [0.29, 0.717) is 0 Å². The van der Waals surface area contributed by atoms with Crippen LogP contribution in [0.4, 0.5) is 0 Å². The van der Waals surface area contributed by atoms with Crippen molar-refractivity contribution in [2.45, 2.75) is 18.7 Å². The molecule has 1 amide bonds. The maximum absolute atomic E-state index is 11.5. The SMILES string of the molecule is C=[S+]c1ccc(C(=O)NC)c(C)c1C. The molecule has 3 heteroatoms. The van der Waals surface area contributed by atoms with Gasteiger partial charge in [-0.15, -0.1) is 0 Å². The standard InChI is InChI=1S/C11H13NOS/c1-7-8(2)10(14-4)6-5-9(7)11(13)12-3/h5-6H,4H2,1-3H3/p+1. The predicted octanol–water partition coefficient (Wildman–Crippen LogP) is 1.54. The first-order chi connectivity index (χ1) is 6.61.